The van der Waals surface area contributed by atoms with Gasteiger partial charge < -0.3 is 28.4 Å². The lowest BCUT2D eigenvalue weighted by molar-refractivity contribution is -0.186. The van der Waals surface area contributed by atoms with Crippen LogP contribution >= 0.6 is 0 Å². The normalized spacial score (nSPS) is 20.9. The van der Waals surface area contributed by atoms with Gasteiger partial charge in [0.15, 0.2) is 17.3 Å². The summed E-state index contributed by atoms with van der Waals surface area (Å²) in [5, 5.41) is 6.44. The van der Waals surface area contributed by atoms with Gasteiger partial charge in [0, 0.05) is 49.5 Å². The molecule has 2 aromatic carbocycles. The molecule has 2 fully saturated rings. The van der Waals surface area contributed by atoms with E-state index in [2.05, 4.69) is 4.90 Å². The van der Waals surface area contributed by atoms with Crippen molar-refractivity contribution < 1.29 is 33.2 Å². The second-order valence-corrected chi connectivity index (χ2v) is 9.57. The number of methoxy groups -OCH3 is 4. The second-order valence-electron chi connectivity index (χ2n) is 9.57. The third-order valence-electron chi connectivity index (χ3n) is 7.47. The minimum atomic E-state index is -0.481. The topological polar surface area (TPSA) is 91.3 Å². The third kappa shape index (κ3) is 5.16. The number of rotatable bonds is 8. The number of hydrazone groups is 1. The lowest BCUT2D eigenvalue weighted by Gasteiger charge is -2.37. The molecule has 5 rings (SSSR count). The largest absolute Gasteiger partial charge is 0.497 e. The van der Waals surface area contributed by atoms with Crippen LogP contribution in [0.15, 0.2) is 41.5 Å². The number of ether oxygens (including phenoxy) is 6. The molecule has 204 valence electrons. The number of amides is 1. The van der Waals surface area contributed by atoms with E-state index in [1.54, 1.807) is 33.4 Å². The van der Waals surface area contributed by atoms with Gasteiger partial charge in [-0.05, 0) is 30.3 Å². The van der Waals surface area contributed by atoms with E-state index in [4.69, 9.17) is 33.5 Å². The van der Waals surface area contributed by atoms with Gasteiger partial charge in [-0.1, -0.05) is 0 Å². The van der Waals surface area contributed by atoms with Gasteiger partial charge in [0.1, 0.15) is 11.5 Å². The summed E-state index contributed by atoms with van der Waals surface area (Å²) in [5.74, 6) is 2.01. The minimum Gasteiger partial charge on any atom is -0.497 e. The smallest absolute Gasteiger partial charge is 0.257 e. The summed E-state index contributed by atoms with van der Waals surface area (Å²) in [6.45, 7) is 2.97. The Balaban J connectivity index is 1.41. The maximum Gasteiger partial charge on any atom is 0.257 e. The highest BCUT2D eigenvalue weighted by atomic mass is 16.7. The Morgan fingerprint density at radius 3 is 2.29 bits per heavy atom. The summed E-state index contributed by atoms with van der Waals surface area (Å²) in [6, 6.07) is 11.0. The molecule has 38 heavy (non-hydrogen) atoms. The van der Waals surface area contributed by atoms with Crippen LogP contribution in [0.2, 0.25) is 0 Å². The number of hydrogen-bond donors (Lipinski definition) is 0. The van der Waals surface area contributed by atoms with Crippen LogP contribution in [0.5, 0.6) is 23.0 Å². The summed E-state index contributed by atoms with van der Waals surface area (Å²) in [6.07, 6.45) is 2.01. The lowest BCUT2D eigenvalue weighted by Crippen LogP contribution is -2.48. The number of piperidine rings is 1. The molecule has 0 aromatic heterocycles. The molecule has 3 aliphatic heterocycles. The van der Waals surface area contributed by atoms with Crippen molar-refractivity contribution in [1.29, 1.82) is 0 Å². The van der Waals surface area contributed by atoms with E-state index in [-0.39, 0.29) is 18.5 Å². The van der Waals surface area contributed by atoms with Crippen LogP contribution in [0.4, 0.5) is 0 Å². The van der Waals surface area contributed by atoms with Crippen molar-refractivity contribution in [2.45, 2.75) is 31.1 Å². The molecule has 2 saturated heterocycles. The van der Waals surface area contributed by atoms with Crippen molar-refractivity contribution >= 4 is 11.6 Å². The van der Waals surface area contributed by atoms with E-state index in [0.29, 0.717) is 42.6 Å². The van der Waals surface area contributed by atoms with Crippen molar-refractivity contribution in [2.75, 3.05) is 61.3 Å². The number of carbonyl (C=O) groups is 1. The average molecular weight is 526 g/mol. The molecule has 0 N–H and O–H groups in total. The first-order chi connectivity index (χ1) is 18.5. The Labute approximate surface area is 223 Å². The highest BCUT2D eigenvalue weighted by molar-refractivity contribution is 6.03. The zero-order valence-electron chi connectivity index (χ0n) is 22.4. The molecule has 0 unspecified atom stereocenters. The van der Waals surface area contributed by atoms with Crippen LogP contribution < -0.4 is 18.9 Å². The van der Waals surface area contributed by atoms with Crippen molar-refractivity contribution in [3.63, 3.8) is 0 Å². The first-order valence-corrected chi connectivity index (χ1v) is 12.8. The molecule has 0 saturated carbocycles. The summed E-state index contributed by atoms with van der Waals surface area (Å²) in [7, 11) is 6.43. The molecule has 3 heterocycles. The van der Waals surface area contributed by atoms with E-state index < -0.39 is 5.79 Å². The molecule has 0 aliphatic carbocycles. The number of nitrogens with zero attached hydrogens (tertiary/aromatic N) is 3. The van der Waals surface area contributed by atoms with Crippen LogP contribution in [-0.2, 0) is 14.3 Å². The number of hydrogen-bond acceptors (Lipinski definition) is 9. The number of carbonyl (C=O) groups excluding carboxylic acids is 1. The van der Waals surface area contributed by atoms with Gasteiger partial charge in [0.05, 0.1) is 60.0 Å². The van der Waals surface area contributed by atoms with Crippen LogP contribution in [0.25, 0.3) is 0 Å². The first-order valence-electron chi connectivity index (χ1n) is 12.8. The molecule has 10 nitrogen and oxygen atoms in total. The maximum absolute atomic E-state index is 13.7. The van der Waals surface area contributed by atoms with Gasteiger partial charge in [-0.2, -0.15) is 5.10 Å². The van der Waals surface area contributed by atoms with Crippen LogP contribution in [0.1, 0.15) is 36.4 Å². The maximum atomic E-state index is 13.7. The Morgan fingerprint density at radius 1 is 0.921 bits per heavy atom. The fourth-order valence-electron chi connectivity index (χ4n) is 5.37. The Hall–Kier alpha value is -3.34. The van der Waals surface area contributed by atoms with Gasteiger partial charge in [-0.15, -0.1) is 0 Å². The molecule has 10 heteroatoms. The summed E-state index contributed by atoms with van der Waals surface area (Å²) >= 11 is 0. The molecule has 3 aliphatic rings. The molecule has 1 atom stereocenters. The predicted octanol–water partition coefficient (Wildman–Crippen LogP) is 3.24. The summed E-state index contributed by atoms with van der Waals surface area (Å²) in [5.41, 5.74) is 2.52. The van der Waals surface area contributed by atoms with E-state index >= 15 is 0 Å². The molecule has 2 aromatic rings. The van der Waals surface area contributed by atoms with Crippen LogP contribution in [0, 0.1) is 0 Å². The SMILES string of the molecule is COc1ccc([C@H]2CC(c3ccc(OC)c(OC)c3)=NN2C(=O)CN2CCC3(CC2)OCCO3)c(OC)c1. The Bertz CT molecular complexity index is 1180. The molecular formula is C28H35N3O7. The van der Waals surface area contributed by atoms with Crippen molar-refractivity contribution in [3.05, 3.63) is 47.5 Å². The molecule has 0 bridgehead atoms. The Morgan fingerprint density at radius 2 is 1.63 bits per heavy atom. The highest BCUT2D eigenvalue weighted by Gasteiger charge is 2.41. The van der Waals surface area contributed by atoms with Gasteiger partial charge >= 0.3 is 0 Å². The van der Waals surface area contributed by atoms with Crippen LogP contribution in [0.3, 0.4) is 0 Å². The third-order valence-corrected chi connectivity index (χ3v) is 7.47. The van der Waals surface area contributed by atoms with Gasteiger partial charge in [0.2, 0.25) is 0 Å². The van der Waals surface area contributed by atoms with E-state index in [1.807, 2.05) is 36.4 Å². The summed E-state index contributed by atoms with van der Waals surface area (Å²) < 4.78 is 33.7. The monoisotopic (exact) mass is 525 g/mol. The minimum absolute atomic E-state index is 0.0763. The van der Waals surface area contributed by atoms with E-state index in [0.717, 1.165) is 42.8 Å². The van der Waals surface area contributed by atoms with Crippen molar-refractivity contribution in [3.8, 4) is 23.0 Å². The molecule has 0 radical (unpaired) electrons. The second kappa shape index (κ2) is 11.2. The van der Waals surface area contributed by atoms with Gasteiger partial charge in [0.25, 0.3) is 5.91 Å². The van der Waals surface area contributed by atoms with Gasteiger partial charge in [-0.3, -0.25) is 9.69 Å². The van der Waals surface area contributed by atoms with Crippen molar-refractivity contribution in [1.82, 2.24) is 9.91 Å². The molecular weight excluding hydrogens is 490 g/mol. The number of likely N-dealkylation sites (tertiary alicyclic amines) is 1. The summed E-state index contributed by atoms with van der Waals surface area (Å²) in [4.78, 5) is 15.9. The van der Waals surface area contributed by atoms with Gasteiger partial charge in [-0.25, -0.2) is 5.01 Å². The average Bonchev–Trinajstić information content (AvgIpc) is 3.61. The highest BCUT2D eigenvalue weighted by Crippen LogP contribution is 2.40. The molecule has 1 spiro atoms. The first kappa shape index (κ1) is 26.3. The zero-order chi connectivity index (χ0) is 26.7. The van der Waals surface area contributed by atoms with Crippen LogP contribution in [-0.4, -0.2) is 88.6 Å². The predicted molar refractivity (Wildman–Crippen MR) is 140 cm³/mol. The fourth-order valence-corrected chi connectivity index (χ4v) is 5.37. The lowest BCUT2D eigenvalue weighted by atomic mass is 9.97. The fraction of sp³-hybridized carbons (Fsp3) is 0.500. The molecule has 1 amide bonds. The standard InChI is InChI=1S/C28H35N3O7/c1-33-20-6-7-21(25(16-20)35-3)23-17-22(19-5-8-24(34-2)26(15-19)36-4)29-31(23)27(32)18-30-11-9-28(10-12-30)37-13-14-38-28/h5-8,15-16,23H,9-14,17-18H2,1-4H3/t23-/m1/s1. The van der Waals surface area contributed by atoms with E-state index in [9.17, 15) is 4.79 Å². The number of benzene rings is 2. The zero-order valence-corrected chi connectivity index (χ0v) is 22.4. The quantitative estimate of drug-likeness (QED) is 0.519. The van der Waals surface area contributed by atoms with E-state index in [1.165, 1.54) is 0 Å². The van der Waals surface area contributed by atoms with Crippen molar-refractivity contribution in [2.24, 2.45) is 5.10 Å². The Kier molecular flexibility index (Phi) is 7.73.